The lowest BCUT2D eigenvalue weighted by Gasteiger charge is -2.42. The Balaban J connectivity index is 2.10. The largest absolute Gasteiger partial charge is 0.508 e. The number of nitrogens with zero attached hydrogens (tertiary/aromatic N) is 2. The van der Waals surface area contributed by atoms with Gasteiger partial charge in [-0.05, 0) is 38.9 Å². The fraction of sp³-hybridized carbons (Fsp3) is 0.625. The molecule has 0 saturated carbocycles. The molecule has 1 heterocycles. The molecular weight excluding hydrogens is 236 g/mol. The van der Waals surface area contributed by atoms with Gasteiger partial charge in [-0.3, -0.25) is 9.80 Å². The molecular formula is C16H26N2O. The fourth-order valence-corrected chi connectivity index (χ4v) is 3.05. The Bertz CT molecular complexity index is 433. The summed E-state index contributed by atoms with van der Waals surface area (Å²) >= 11 is 0. The minimum Gasteiger partial charge on any atom is -0.508 e. The first-order chi connectivity index (χ1) is 9.02. The minimum absolute atomic E-state index is 0.280. The van der Waals surface area contributed by atoms with E-state index in [0.29, 0.717) is 11.8 Å². The predicted octanol–water partition coefficient (Wildman–Crippen LogP) is 2.79. The molecule has 1 aromatic rings. The van der Waals surface area contributed by atoms with Gasteiger partial charge >= 0.3 is 0 Å². The van der Waals surface area contributed by atoms with Crippen molar-refractivity contribution < 1.29 is 5.11 Å². The molecule has 1 fully saturated rings. The van der Waals surface area contributed by atoms with Gasteiger partial charge in [0.05, 0.1) is 0 Å². The standard InChI is InChI=1S/C16H26N2O/c1-5-17-8-9-18(11-13(17)3)14(4)15-7-6-12(2)10-16(15)19/h6-7,10,13-14,19H,5,8-9,11H2,1-4H3. The lowest BCUT2D eigenvalue weighted by molar-refractivity contribution is 0.0629. The molecule has 0 aromatic heterocycles. The van der Waals surface area contributed by atoms with E-state index in [1.807, 2.05) is 13.0 Å². The first-order valence-electron chi connectivity index (χ1n) is 7.30. The second kappa shape index (κ2) is 5.93. The third-order valence-electron chi connectivity index (χ3n) is 4.39. The predicted molar refractivity (Wildman–Crippen MR) is 79.5 cm³/mol. The van der Waals surface area contributed by atoms with Crippen molar-refractivity contribution >= 4 is 0 Å². The summed E-state index contributed by atoms with van der Waals surface area (Å²) in [6.07, 6.45) is 0. The zero-order valence-electron chi connectivity index (χ0n) is 12.6. The average Bonchev–Trinajstić information content (AvgIpc) is 2.38. The van der Waals surface area contributed by atoms with Gasteiger partial charge in [-0.15, -0.1) is 0 Å². The van der Waals surface area contributed by atoms with E-state index in [-0.39, 0.29) is 6.04 Å². The molecule has 0 spiro atoms. The number of rotatable bonds is 3. The molecule has 0 aliphatic carbocycles. The van der Waals surface area contributed by atoms with Gasteiger partial charge in [-0.25, -0.2) is 0 Å². The highest BCUT2D eigenvalue weighted by molar-refractivity contribution is 5.37. The van der Waals surface area contributed by atoms with Crippen LogP contribution in [0.15, 0.2) is 18.2 Å². The Morgan fingerprint density at radius 3 is 2.68 bits per heavy atom. The number of hydrogen-bond donors (Lipinski definition) is 1. The van der Waals surface area contributed by atoms with Crippen LogP contribution < -0.4 is 0 Å². The summed E-state index contributed by atoms with van der Waals surface area (Å²) in [4.78, 5) is 4.99. The summed E-state index contributed by atoms with van der Waals surface area (Å²) in [5.41, 5.74) is 2.15. The highest BCUT2D eigenvalue weighted by Crippen LogP contribution is 2.30. The molecule has 1 aliphatic rings. The van der Waals surface area contributed by atoms with Crippen LogP contribution in [0.25, 0.3) is 0 Å². The van der Waals surface area contributed by atoms with Crippen molar-refractivity contribution in [2.24, 2.45) is 0 Å². The molecule has 0 amide bonds. The van der Waals surface area contributed by atoms with Crippen LogP contribution in [-0.2, 0) is 0 Å². The molecule has 0 bridgehead atoms. The maximum atomic E-state index is 10.1. The van der Waals surface area contributed by atoms with E-state index in [0.717, 1.165) is 37.3 Å². The Morgan fingerprint density at radius 2 is 2.11 bits per heavy atom. The van der Waals surface area contributed by atoms with Gasteiger partial charge in [0, 0.05) is 37.3 Å². The van der Waals surface area contributed by atoms with Crippen LogP contribution in [0.2, 0.25) is 0 Å². The third kappa shape index (κ3) is 3.10. The average molecular weight is 262 g/mol. The van der Waals surface area contributed by atoms with Gasteiger partial charge < -0.3 is 5.11 Å². The van der Waals surface area contributed by atoms with E-state index in [4.69, 9.17) is 0 Å². The molecule has 2 unspecified atom stereocenters. The van der Waals surface area contributed by atoms with Crippen LogP contribution in [0.3, 0.4) is 0 Å². The summed E-state index contributed by atoms with van der Waals surface area (Å²) in [5, 5.41) is 10.1. The van der Waals surface area contributed by atoms with Gasteiger partial charge in [-0.2, -0.15) is 0 Å². The molecule has 1 saturated heterocycles. The van der Waals surface area contributed by atoms with Gasteiger partial charge in [0.15, 0.2) is 0 Å². The van der Waals surface area contributed by atoms with Crippen molar-refractivity contribution in [3.8, 4) is 5.75 Å². The number of piperazine rings is 1. The third-order valence-corrected chi connectivity index (χ3v) is 4.39. The highest BCUT2D eigenvalue weighted by atomic mass is 16.3. The normalized spacial score (nSPS) is 23.5. The van der Waals surface area contributed by atoms with Crippen LogP contribution in [0, 0.1) is 6.92 Å². The Labute approximate surface area is 116 Å². The van der Waals surface area contributed by atoms with Crippen LogP contribution >= 0.6 is 0 Å². The highest BCUT2D eigenvalue weighted by Gasteiger charge is 2.27. The van der Waals surface area contributed by atoms with Crippen LogP contribution in [0.1, 0.15) is 37.9 Å². The molecule has 1 aliphatic heterocycles. The van der Waals surface area contributed by atoms with E-state index < -0.39 is 0 Å². The molecule has 106 valence electrons. The summed E-state index contributed by atoms with van der Waals surface area (Å²) in [5.74, 6) is 0.429. The van der Waals surface area contributed by atoms with Gasteiger partial charge in [-0.1, -0.05) is 19.1 Å². The van der Waals surface area contributed by atoms with E-state index in [2.05, 4.69) is 42.7 Å². The monoisotopic (exact) mass is 262 g/mol. The first kappa shape index (κ1) is 14.4. The van der Waals surface area contributed by atoms with Crippen LogP contribution in [0.4, 0.5) is 0 Å². The summed E-state index contributed by atoms with van der Waals surface area (Å²) in [7, 11) is 0. The van der Waals surface area contributed by atoms with Crippen molar-refractivity contribution in [3.05, 3.63) is 29.3 Å². The summed E-state index contributed by atoms with van der Waals surface area (Å²) < 4.78 is 0. The van der Waals surface area contributed by atoms with Crippen LogP contribution in [0.5, 0.6) is 5.75 Å². The zero-order valence-corrected chi connectivity index (χ0v) is 12.6. The SMILES string of the molecule is CCN1CCN(C(C)c2ccc(C)cc2O)CC1C. The van der Waals surface area contributed by atoms with Crippen molar-refractivity contribution in [1.82, 2.24) is 9.80 Å². The van der Waals surface area contributed by atoms with Crippen molar-refractivity contribution in [3.63, 3.8) is 0 Å². The zero-order chi connectivity index (χ0) is 14.0. The Morgan fingerprint density at radius 1 is 1.37 bits per heavy atom. The summed E-state index contributed by atoms with van der Waals surface area (Å²) in [6.45, 7) is 13.1. The molecule has 1 N–H and O–H groups in total. The van der Waals surface area contributed by atoms with Crippen molar-refractivity contribution in [2.75, 3.05) is 26.2 Å². The van der Waals surface area contributed by atoms with Crippen molar-refractivity contribution in [1.29, 1.82) is 0 Å². The molecule has 0 radical (unpaired) electrons. The van der Waals surface area contributed by atoms with Gasteiger partial charge in [0.1, 0.15) is 5.75 Å². The van der Waals surface area contributed by atoms with E-state index in [1.54, 1.807) is 0 Å². The first-order valence-corrected chi connectivity index (χ1v) is 7.30. The Hall–Kier alpha value is -1.06. The topological polar surface area (TPSA) is 26.7 Å². The molecule has 2 atom stereocenters. The number of hydrogen-bond acceptors (Lipinski definition) is 3. The maximum absolute atomic E-state index is 10.1. The molecule has 2 rings (SSSR count). The number of aromatic hydroxyl groups is 1. The van der Waals surface area contributed by atoms with Gasteiger partial charge in [0.25, 0.3) is 0 Å². The van der Waals surface area contributed by atoms with Crippen LogP contribution in [-0.4, -0.2) is 47.1 Å². The lowest BCUT2D eigenvalue weighted by Crippen LogP contribution is -2.52. The van der Waals surface area contributed by atoms with E-state index >= 15 is 0 Å². The summed E-state index contributed by atoms with van der Waals surface area (Å²) in [6, 6.07) is 6.87. The maximum Gasteiger partial charge on any atom is 0.120 e. The van der Waals surface area contributed by atoms with Crippen molar-refractivity contribution in [2.45, 2.75) is 39.8 Å². The second-order valence-corrected chi connectivity index (χ2v) is 5.71. The number of likely N-dealkylation sites (N-methyl/N-ethyl adjacent to an activating group) is 1. The molecule has 19 heavy (non-hydrogen) atoms. The molecule has 3 nitrogen and oxygen atoms in total. The molecule has 3 heteroatoms. The Kier molecular flexibility index (Phi) is 4.48. The number of aryl methyl sites for hydroxylation is 1. The van der Waals surface area contributed by atoms with E-state index in [1.165, 1.54) is 0 Å². The smallest absolute Gasteiger partial charge is 0.120 e. The number of benzene rings is 1. The quantitative estimate of drug-likeness (QED) is 0.907. The lowest BCUT2D eigenvalue weighted by atomic mass is 10.0. The van der Waals surface area contributed by atoms with Gasteiger partial charge in [0.2, 0.25) is 0 Å². The minimum atomic E-state index is 0.280. The fourth-order valence-electron chi connectivity index (χ4n) is 3.05. The molecule has 1 aromatic carbocycles. The number of phenols is 1. The number of phenolic OH excluding ortho intramolecular Hbond substituents is 1. The van der Waals surface area contributed by atoms with E-state index in [9.17, 15) is 5.11 Å². The second-order valence-electron chi connectivity index (χ2n) is 5.71.